The molecule has 2 aromatic rings. The lowest BCUT2D eigenvalue weighted by atomic mass is 10.1. The number of hydrogen-bond acceptors (Lipinski definition) is 3. The van der Waals surface area contributed by atoms with Gasteiger partial charge in [0.15, 0.2) is 0 Å². The molecule has 0 bridgehead atoms. The quantitative estimate of drug-likeness (QED) is 0.867. The molecule has 0 saturated carbocycles. The van der Waals surface area contributed by atoms with Crippen molar-refractivity contribution in [2.24, 2.45) is 0 Å². The fraction of sp³-hybridized carbons (Fsp3) is 0.294. The van der Waals surface area contributed by atoms with Gasteiger partial charge in [-0.3, -0.25) is 4.98 Å². The molecule has 2 heterocycles. The molecule has 0 radical (unpaired) electrons. The molecule has 1 N–H and O–H groups in total. The van der Waals surface area contributed by atoms with Gasteiger partial charge >= 0.3 is 0 Å². The second-order valence-corrected chi connectivity index (χ2v) is 5.81. The van der Waals surface area contributed by atoms with Gasteiger partial charge in [-0.2, -0.15) is 0 Å². The molecule has 0 aliphatic carbocycles. The van der Waals surface area contributed by atoms with E-state index in [1.807, 2.05) is 18.2 Å². The Kier molecular flexibility index (Phi) is 4.63. The molecule has 3 nitrogen and oxygen atoms in total. The summed E-state index contributed by atoms with van der Waals surface area (Å²) in [6, 6.07) is 8.53. The third kappa shape index (κ3) is 3.42. The second-order valence-electron chi connectivity index (χ2n) is 5.40. The van der Waals surface area contributed by atoms with Crippen LogP contribution in [0, 0.1) is 5.82 Å². The molecule has 1 aromatic heterocycles. The van der Waals surface area contributed by atoms with Crippen molar-refractivity contribution >= 4 is 28.6 Å². The number of hydrogen-bond donors (Lipinski definition) is 1. The minimum absolute atomic E-state index is 0.263. The van der Waals surface area contributed by atoms with Crippen molar-refractivity contribution in [1.82, 2.24) is 4.98 Å². The molecular formula is C17H18FN3S. The van der Waals surface area contributed by atoms with Crippen LogP contribution in [0.25, 0.3) is 0 Å². The van der Waals surface area contributed by atoms with Gasteiger partial charge in [0.1, 0.15) is 10.8 Å². The van der Waals surface area contributed by atoms with E-state index in [4.69, 9.17) is 12.2 Å². The van der Waals surface area contributed by atoms with Gasteiger partial charge in [0.25, 0.3) is 0 Å². The van der Waals surface area contributed by atoms with Gasteiger partial charge in [-0.1, -0.05) is 12.2 Å². The molecule has 0 amide bonds. The predicted octanol–water partition coefficient (Wildman–Crippen LogP) is 4.00. The van der Waals surface area contributed by atoms with Crippen molar-refractivity contribution in [3.8, 4) is 0 Å². The van der Waals surface area contributed by atoms with Crippen LogP contribution in [-0.4, -0.2) is 23.1 Å². The van der Waals surface area contributed by atoms with Crippen LogP contribution in [0.4, 0.5) is 15.8 Å². The van der Waals surface area contributed by atoms with Crippen LogP contribution in [0.2, 0.25) is 0 Å². The summed E-state index contributed by atoms with van der Waals surface area (Å²) < 4.78 is 13.7. The largest absolute Gasteiger partial charge is 0.370 e. The molecule has 5 heteroatoms. The van der Waals surface area contributed by atoms with Gasteiger partial charge in [0.05, 0.1) is 11.4 Å². The molecule has 3 rings (SSSR count). The predicted molar refractivity (Wildman–Crippen MR) is 92.0 cm³/mol. The molecule has 0 unspecified atom stereocenters. The van der Waals surface area contributed by atoms with E-state index in [1.165, 1.54) is 31.4 Å². The number of halogens is 1. The minimum Gasteiger partial charge on any atom is -0.370 e. The number of pyridine rings is 1. The zero-order valence-corrected chi connectivity index (χ0v) is 13.1. The van der Waals surface area contributed by atoms with E-state index >= 15 is 0 Å². The Labute approximate surface area is 135 Å². The number of thiocarbonyl (C=S) groups is 1. The van der Waals surface area contributed by atoms with E-state index < -0.39 is 0 Å². The minimum atomic E-state index is -0.263. The van der Waals surface area contributed by atoms with Crippen molar-refractivity contribution < 1.29 is 4.39 Å². The maximum Gasteiger partial charge on any atom is 0.125 e. The normalized spacial score (nSPS) is 14.7. The highest BCUT2D eigenvalue weighted by Gasteiger charge is 2.16. The summed E-state index contributed by atoms with van der Waals surface area (Å²) in [4.78, 5) is 6.85. The Morgan fingerprint density at radius 1 is 1.09 bits per heavy atom. The second kappa shape index (κ2) is 6.83. The van der Waals surface area contributed by atoms with Crippen molar-refractivity contribution in [3.05, 3.63) is 54.1 Å². The highest BCUT2D eigenvalue weighted by Crippen LogP contribution is 2.29. The molecule has 0 atom stereocenters. The molecular weight excluding hydrogens is 297 g/mol. The van der Waals surface area contributed by atoms with Crippen molar-refractivity contribution in [2.75, 3.05) is 23.3 Å². The average molecular weight is 315 g/mol. The first-order valence-electron chi connectivity index (χ1n) is 7.50. The highest BCUT2D eigenvalue weighted by molar-refractivity contribution is 7.81. The molecule has 1 saturated heterocycles. The topological polar surface area (TPSA) is 28.2 Å². The first kappa shape index (κ1) is 14.9. The van der Waals surface area contributed by atoms with Crippen LogP contribution in [-0.2, 0) is 0 Å². The van der Waals surface area contributed by atoms with Gasteiger partial charge in [0, 0.05) is 31.0 Å². The van der Waals surface area contributed by atoms with Gasteiger partial charge in [-0.05, 0) is 49.6 Å². The first-order chi connectivity index (χ1) is 10.7. The third-order valence-corrected chi connectivity index (χ3v) is 4.18. The zero-order valence-electron chi connectivity index (χ0n) is 12.3. The lowest BCUT2D eigenvalue weighted by Crippen LogP contribution is -2.30. The lowest BCUT2D eigenvalue weighted by molar-refractivity contribution is 0.577. The molecule has 1 aromatic carbocycles. The van der Waals surface area contributed by atoms with Crippen LogP contribution in [0.1, 0.15) is 24.8 Å². The molecule has 1 aliphatic heterocycles. The molecule has 22 heavy (non-hydrogen) atoms. The zero-order chi connectivity index (χ0) is 15.4. The number of piperidine rings is 1. The van der Waals surface area contributed by atoms with E-state index in [0.717, 1.165) is 30.0 Å². The van der Waals surface area contributed by atoms with Crippen molar-refractivity contribution in [1.29, 1.82) is 0 Å². The van der Waals surface area contributed by atoms with Crippen LogP contribution >= 0.6 is 12.2 Å². The number of benzene rings is 1. The number of aromatic nitrogens is 1. The van der Waals surface area contributed by atoms with Gasteiger partial charge in [0.2, 0.25) is 0 Å². The van der Waals surface area contributed by atoms with E-state index in [9.17, 15) is 4.39 Å². The molecule has 1 aliphatic rings. The summed E-state index contributed by atoms with van der Waals surface area (Å²) >= 11 is 5.43. The fourth-order valence-corrected chi connectivity index (χ4v) is 2.96. The van der Waals surface area contributed by atoms with Crippen LogP contribution < -0.4 is 10.2 Å². The van der Waals surface area contributed by atoms with Crippen LogP contribution in [0.15, 0.2) is 42.7 Å². The number of rotatable bonds is 3. The average Bonchev–Trinajstić information content (AvgIpc) is 2.56. The summed E-state index contributed by atoms with van der Waals surface area (Å²) in [7, 11) is 0. The first-order valence-corrected chi connectivity index (χ1v) is 7.91. The summed E-state index contributed by atoms with van der Waals surface area (Å²) in [6.07, 6.45) is 6.99. The van der Waals surface area contributed by atoms with Gasteiger partial charge in [-0.25, -0.2) is 4.39 Å². The Balaban J connectivity index is 1.85. The number of nitrogens with zero attached hydrogens (tertiary/aromatic N) is 2. The summed E-state index contributed by atoms with van der Waals surface area (Å²) in [5.41, 5.74) is 2.61. The fourth-order valence-electron chi connectivity index (χ4n) is 2.72. The molecule has 0 spiro atoms. The maximum atomic E-state index is 13.7. The maximum absolute atomic E-state index is 13.7. The van der Waals surface area contributed by atoms with Crippen molar-refractivity contribution in [2.45, 2.75) is 19.3 Å². The Morgan fingerprint density at radius 3 is 2.55 bits per heavy atom. The van der Waals surface area contributed by atoms with Gasteiger partial charge < -0.3 is 10.2 Å². The van der Waals surface area contributed by atoms with Crippen molar-refractivity contribution in [3.63, 3.8) is 0 Å². The third-order valence-electron chi connectivity index (χ3n) is 3.85. The smallest absolute Gasteiger partial charge is 0.125 e. The number of anilines is 2. The number of nitrogens with one attached hydrogen (secondary N) is 1. The summed E-state index contributed by atoms with van der Waals surface area (Å²) in [6.45, 7) is 2.00. The monoisotopic (exact) mass is 315 g/mol. The highest BCUT2D eigenvalue weighted by atomic mass is 32.1. The Hall–Kier alpha value is -2.01. The van der Waals surface area contributed by atoms with Gasteiger partial charge in [-0.15, -0.1) is 0 Å². The van der Waals surface area contributed by atoms with E-state index in [1.54, 1.807) is 12.4 Å². The van der Waals surface area contributed by atoms with Crippen LogP contribution in [0.5, 0.6) is 0 Å². The van der Waals surface area contributed by atoms with E-state index in [2.05, 4.69) is 15.2 Å². The summed E-state index contributed by atoms with van der Waals surface area (Å²) in [5, 5.41) is 3.19. The standard InChI is InChI=1S/C17H18FN3S/c18-14-4-5-16(21-10-2-1-3-11-21)15(12-14)20-17(22)13-6-8-19-9-7-13/h4-9,12H,1-3,10-11H2,(H,20,22). The van der Waals surface area contributed by atoms with E-state index in [-0.39, 0.29) is 5.82 Å². The van der Waals surface area contributed by atoms with E-state index in [0.29, 0.717) is 4.99 Å². The summed E-state index contributed by atoms with van der Waals surface area (Å²) in [5.74, 6) is -0.263. The molecule has 1 fully saturated rings. The lowest BCUT2D eigenvalue weighted by Gasteiger charge is -2.30. The van der Waals surface area contributed by atoms with Crippen LogP contribution in [0.3, 0.4) is 0 Å². The Bertz CT molecular complexity index is 654. The Morgan fingerprint density at radius 2 is 1.82 bits per heavy atom. The SMILES string of the molecule is Fc1ccc(N2CCCCC2)c(NC(=S)c2ccncc2)c1. The molecule has 114 valence electrons.